The van der Waals surface area contributed by atoms with Gasteiger partial charge in [0.05, 0.1) is 5.60 Å². The van der Waals surface area contributed by atoms with Gasteiger partial charge in [0.1, 0.15) is 0 Å². The molecule has 0 heterocycles. The van der Waals surface area contributed by atoms with Gasteiger partial charge in [0.15, 0.2) is 0 Å². The van der Waals surface area contributed by atoms with Crippen molar-refractivity contribution in [3.05, 3.63) is 34.9 Å². The molecule has 112 valence electrons. The van der Waals surface area contributed by atoms with E-state index in [1.54, 1.807) is 0 Å². The summed E-state index contributed by atoms with van der Waals surface area (Å²) < 4.78 is 0. The van der Waals surface area contributed by atoms with Gasteiger partial charge in [-0.3, -0.25) is 0 Å². The number of halogens is 1. The Hall–Kier alpha value is -0.530. The van der Waals surface area contributed by atoms with Crippen LogP contribution in [0.25, 0.3) is 0 Å². The summed E-state index contributed by atoms with van der Waals surface area (Å²) in [4.78, 5) is 0. The second kappa shape index (κ2) is 6.07. The van der Waals surface area contributed by atoms with Crippen LogP contribution in [0.3, 0.4) is 0 Å². The highest BCUT2D eigenvalue weighted by atomic mass is 35.5. The highest BCUT2D eigenvalue weighted by Crippen LogP contribution is 2.41. The summed E-state index contributed by atoms with van der Waals surface area (Å²) in [6.45, 7) is 6.95. The van der Waals surface area contributed by atoms with Gasteiger partial charge in [-0.05, 0) is 48.6 Å². The van der Waals surface area contributed by atoms with E-state index in [0.717, 1.165) is 36.3 Å². The lowest BCUT2D eigenvalue weighted by Crippen LogP contribution is -2.31. The zero-order chi connectivity index (χ0) is 14.8. The van der Waals surface area contributed by atoms with Crippen LogP contribution in [0.4, 0.5) is 0 Å². The molecular weight excluding hydrogens is 268 g/mol. The maximum absolute atomic E-state index is 11.0. The molecule has 1 aromatic rings. The molecule has 0 amide bonds. The van der Waals surface area contributed by atoms with Crippen molar-refractivity contribution < 1.29 is 5.11 Å². The van der Waals surface area contributed by atoms with Crippen LogP contribution in [0.2, 0.25) is 5.02 Å². The third kappa shape index (κ3) is 3.99. The molecule has 2 unspecified atom stereocenters. The molecule has 0 aliphatic heterocycles. The molecular formula is C18H27ClO. The average Bonchev–Trinajstić information content (AvgIpc) is 2.54. The SMILES string of the molecule is CC(C)(C)C1CCCC(O)(Cc2ccccc2Cl)CC1. The van der Waals surface area contributed by atoms with E-state index in [1.807, 2.05) is 24.3 Å². The first-order valence-corrected chi connectivity index (χ1v) is 8.14. The zero-order valence-electron chi connectivity index (χ0n) is 13.0. The first-order valence-electron chi connectivity index (χ1n) is 7.76. The Balaban J connectivity index is 2.06. The Morgan fingerprint density at radius 1 is 1.20 bits per heavy atom. The topological polar surface area (TPSA) is 20.2 Å². The lowest BCUT2D eigenvalue weighted by molar-refractivity contribution is 0.0225. The van der Waals surface area contributed by atoms with Crippen LogP contribution in [0, 0.1) is 11.3 Å². The molecule has 1 fully saturated rings. The smallest absolute Gasteiger partial charge is 0.0688 e. The monoisotopic (exact) mass is 294 g/mol. The van der Waals surface area contributed by atoms with Crippen molar-refractivity contribution in [3.63, 3.8) is 0 Å². The Morgan fingerprint density at radius 3 is 2.55 bits per heavy atom. The van der Waals surface area contributed by atoms with Gasteiger partial charge in [-0.25, -0.2) is 0 Å². The minimum atomic E-state index is -0.578. The molecule has 0 saturated heterocycles. The van der Waals surface area contributed by atoms with Crippen molar-refractivity contribution in [1.29, 1.82) is 0 Å². The normalized spacial score (nSPS) is 28.1. The summed E-state index contributed by atoms with van der Waals surface area (Å²) in [5.41, 5.74) is 0.839. The molecule has 2 atom stereocenters. The second-order valence-corrected chi connectivity index (χ2v) is 7.89. The quantitative estimate of drug-likeness (QED) is 0.740. The maximum atomic E-state index is 11.0. The lowest BCUT2D eigenvalue weighted by atomic mass is 9.76. The van der Waals surface area contributed by atoms with Crippen molar-refractivity contribution in [2.75, 3.05) is 0 Å². The van der Waals surface area contributed by atoms with Crippen molar-refractivity contribution in [2.45, 2.75) is 64.9 Å². The summed E-state index contributed by atoms with van der Waals surface area (Å²) in [5.74, 6) is 0.711. The van der Waals surface area contributed by atoms with E-state index in [1.165, 1.54) is 6.42 Å². The molecule has 20 heavy (non-hydrogen) atoms. The standard InChI is InChI=1S/C18H27ClO/c1-17(2,3)15-8-6-11-18(20,12-10-15)13-14-7-4-5-9-16(14)19/h4-5,7,9,15,20H,6,8,10-13H2,1-3H3. The highest BCUT2D eigenvalue weighted by molar-refractivity contribution is 6.31. The van der Waals surface area contributed by atoms with Gasteiger partial charge < -0.3 is 5.11 Å². The third-order valence-corrected chi connectivity index (χ3v) is 5.22. The minimum Gasteiger partial charge on any atom is -0.390 e. The van der Waals surface area contributed by atoms with Gasteiger partial charge in [-0.1, -0.05) is 57.0 Å². The van der Waals surface area contributed by atoms with E-state index < -0.39 is 5.60 Å². The van der Waals surface area contributed by atoms with E-state index in [9.17, 15) is 5.11 Å². The van der Waals surface area contributed by atoms with Gasteiger partial charge in [-0.15, -0.1) is 0 Å². The molecule has 1 saturated carbocycles. The number of hydrogen-bond donors (Lipinski definition) is 1. The largest absolute Gasteiger partial charge is 0.390 e. The number of rotatable bonds is 2. The summed E-state index contributed by atoms with van der Waals surface area (Å²) in [6, 6.07) is 7.89. The first-order chi connectivity index (χ1) is 9.30. The molecule has 2 heteroatoms. The van der Waals surface area contributed by atoms with Gasteiger partial charge in [0, 0.05) is 11.4 Å². The van der Waals surface area contributed by atoms with Gasteiger partial charge in [0.2, 0.25) is 0 Å². The zero-order valence-corrected chi connectivity index (χ0v) is 13.7. The molecule has 1 N–H and O–H groups in total. The number of aliphatic hydroxyl groups is 1. The van der Waals surface area contributed by atoms with Crippen LogP contribution in [0.1, 0.15) is 58.4 Å². The van der Waals surface area contributed by atoms with Gasteiger partial charge in [0.25, 0.3) is 0 Å². The van der Waals surface area contributed by atoms with Gasteiger partial charge in [-0.2, -0.15) is 0 Å². The molecule has 0 spiro atoms. The summed E-state index contributed by atoms with van der Waals surface area (Å²) in [6.07, 6.45) is 5.93. The molecule has 1 aromatic carbocycles. The Labute approximate surface area is 128 Å². The molecule has 1 aliphatic rings. The van der Waals surface area contributed by atoms with Gasteiger partial charge >= 0.3 is 0 Å². The molecule has 1 aliphatic carbocycles. The Morgan fingerprint density at radius 2 is 1.90 bits per heavy atom. The van der Waals surface area contributed by atoms with Crippen molar-refractivity contribution >= 4 is 11.6 Å². The van der Waals surface area contributed by atoms with Crippen LogP contribution in [-0.4, -0.2) is 10.7 Å². The first kappa shape index (κ1) is 15.9. The van der Waals surface area contributed by atoms with E-state index in [2.05, 4.69) is 20.8 Å². The van der Waals surface area contributed by atoms with Crippen molar-refractivity contribution in [1.82, 2.24) is 0 Å². The van der Waals surface area contributed by atoms with E-state index in [-0.39, 0.29) is 0 Å². The second-order valence-electron chi connectivity index (χ2n) is 7.49. The minimum absolute atomic E-state index is 0.343. The molecule has 0 bridgehead atoms. The molecule has 2 rings (SSSR count). The predicted octanol–water partition coefficient (Wildman–Crippen LogP) is 5.24. The van der Waals surface area contributed by atoms with Crippen LogP contribution in [0.5, 0.6) is 0 Å². The fourth-order valence-corrected chi connectivity index (χ4v) is 3.63. The fraction of sp³-hybridized carbons (Fsp3) is 0.667. The maximum Gasteiger partial charge on any atom is 0.0688 e. The summed E-state index contributed by atoms with van der Waals surface area (Å²) in [7, 11) is 0. The lowest BCUT2D eigenvalue weighted by Gasteiger charge is -2.31. The summed E-state index contributed by atoms with van der Waals surface area (Å²) >= 11 is 6.24. The van der Waals surface area contributed by atoms with Crippen molar-refractivity contribution in [3.8, 4) is 0 Å². The molecule has 0 aromatic heterocycles. The van der Waals surface area contributed by atoms with Crippen LogP contribution in [0.15, 0.2) is 24.3 Å². The third-order valence-electron chi connectivity index (χ3n) is 4.85. The van der Waals surface area contributed by atoms with E-state index >= 15 is 0 Å². The molecule has 1 nitrogen and oxygen atoms in total. The number of hydrogen-bond acceptors (Lipinski definition) is 1. The summed E-state index contributed by atoms with van der Waals surface area (Å²) in [5, 5.41) is 11.7. The Bertz CT molecular complexity index is 449. The van der Waals surface area contributed by atoms with E-state index in [4.69, 9.17) is 11.6 Å². The number of benzene rings is 1. The molecule has 0 radical (unpaired) electrons. The van der Waals surface area contributed by atoms with E-state index in [0.29, 0.717) is 17.8 Å². The fourth-order valence-electron chi connectivity index (χ4n) is 3.43. The average molecular weight is 295 g/mol. The predicted molar refractivity (Wildman–Crippen MR) is 86.1 cm³/mol. The van der Waals surface area contributed by atoms with Crippen LogP contribution in [-0.2, 0) is 6.42 Å². The van der Waals surface area contributed by atoms with Crippen LogP contribution >= 0.6 is 11.6 Å². The van der Waals surface area contributed by atoms with Crippen LogP contribution < -0.4 is 0 Å². The Kier molecular flexibility index (Phi) is 4.81. The highest BCUT2D eigenvalue weighted by Gasteiger charge is 2.35. The van der Waals surface area contributed by atoms with Crippen molar-refractivity contribution in [2.24, 2.45) is 11.3 Å².